The van der Waals surface area contributed by atoms with Gasteiger partial charge in [-0.3, -0.25) is 4.21 Å². The maximum absolute atomic E-state index is 11.3. The molecule has 6 heteroatoms. The van der Waals surface area contributed by atoms with Gasteiger partial charge in [-0.1, -0.05) is 20.8 Å². The summed E-state index contributed by atoms with van der Waals surface area (Å²) < 4.78 is 13.4. The molecule has 0 fully saturated rings. The van der Waals surface area contributed by atoms with Crippen molar-refractivity contribution in [1.29, 1.82) is 0 Å². The molecule has 0 aromatic carbocycles. The zero-order valence-electron chi connectivity index (χ0n) is 9.56. The van der Waals surface area contributed by atoms with Gasteiger partial charge in [0, 0.05) is 23.3 Å². The number of nitrogens with zero attached hydrogens (tertiary/aromatic N) is 3. The third-order valence-corrected chi connectivity index (χ3v) is 3.79. The molecule has 4 nitrogen and oxygen atoms in total. The van der Waals surface area contributed by atoms with Crippen LogP contribution >= 0.6 is 11.8 Å². The van der Waals surface area contributed by atoms with Crippen molar-refractivity contribution in [2.75, 3.05) is 12.0 Å². The highest BCUT2D eigenvalue weighted by Crippen LogP contribution is 2.23. The van der Waals surface area contributed by atoms with E-state index in [9.17, 15) is 4.21 Å². The van der Waals surface area contributed by atoms with E-state index in [1.54, 1.807) is 12.6 Å². The molecule has 0 amide bonds. The van der Waals surface area contributed by atoms with Crippen LogP contribution < -0.4 is 0 Å². The molecule has 0 N–H and O–H groups in total. The van der Waals surface area contributed by atoms with Crippen LogP contribution in [-0.2, 0) is 17.3 Å². The van der Waals surface area contributed by atoms with Gasteiger partial charge in [-0.15, -0.1) is 10.2 Å². The van der Waals surface area contributed by atoms with Gasteiger partial charge in [0.05, 0.1) is 10.8 Å². The van der Waals surface area contributed by atoms with Crippen molar-refractivity contribution < 1.29 is 4.21 Å². The fourth-order valence-electron chi connectivity index (χ4n) is 1.07. The zero-order chi connectivity index (χ0) is 11.5. The van der Waals surface area contributed by atoms with Gasteiger partial charge in [-0.05, 0) is 0 Å². The number of rotatable bonds is 4. The molecule has 0 spiro atoms. The molecular formula is C9H17N3OS2. The molecule has 1 heterocycles. The Labute approximate surface area is 97.3 Å². The highest BCUT2D eigenvalue weighted by atomic mass is 32.2. The Bertz CT molecular complexity index is 343. The molecule has 0 bridgehead atoms. The van der Waals surface area contributed by atoms with Crippen LogP contribution in [0.5, 0.6) is 0 Å². The van der Waals surface area contributed by atoms with Crippen molar-refractivity contribution in [3.63, 3.8) is 0 Å². The summed E-state index contributed by atoms with van der Waals surface area (Å²) in [7, 11) is -1.05. The molecule has 0 aliphatic heterocycles. The van der Waals surface area contributed by atoms with Crippen LogP contribution in [-0.4, -0.2) is 35.7 Å². The van der Waals surface area contributed by atoms with Crippen LogP contribution in [0.15, 0.2) is 11.5 Å². The molecule has 86 valence electrons. The average Bonchev–Trinajstić information content (AvgIpc) is 2.49. The maximum Gasteiger partial charge on any atom is 0.221 e. The van der Waals surface area contributed by atoms with E-state index in [0.29, 0.717) is 5.16 Å². The Hall–Kier alpha value is -0.360. The molecule has 0 saturated heterocycles. The van der Waals surface area contributed by atoms with Crippen molar-refractivity contribution in [3.8, 4) is 0 Å². The highest BCUT2D eigenvalue weighted by Gasteiger charge is 2.12. The average molecular weight is 247 g/mol. The van der Waals surface area contributed by atoms with E-state index in [1.165, 1.54) is 0 Å². The summed E-state index contributed by atoms with van der Waals surface area (Å²) in [5.41, 5.74) is 0. The fourth-order valence-corrected chi connectivity index (χ4v) is 2.60. The van der Waals surface area contributed by atoms with Gasteiger partial charge in [-0.25, -0.2) is 0 Å². The molecule has 1 unspecified atom stereocenters. The molecule has 0 aliphatic carbocycles. The predicted octanol–water partition coefficient (Wildman–Crippen LogP) is 1.55. The quantitative estimate of drug-likeness (QED) is 0.810. The highest BCUT2D eigenvalue weighted by molar-refractivity contribution is 8.00. The lowest BCUT2D eigenvalue weighted by Gasteiger charge is -2.17. The molecule has 0 aliphatic rings. The first-order chi connectivity index (χ1) is 6.90. The Morgan fingerprint density at radius 3 is 2.73 bits per heavy atom. The lowest BCUT2D eigenvalue weighted by molar-refractivity contribution is 0.644. The third-order valence-electron chi connectivity index (χ3n) is 1.70. The summed E-state index contributed by atoms with van der Waals surface area (Å²) in [5.74, 6) is 0.978. The van der Waals surface area contributed by atoms with Crippen LogP contribution in [0.2, 0.25) is 0 Å². The molecule has 1 aromatic heterocycles. The summed E-state index contributed by atoms with van der Waals surface area (Å²) in [4.78, 5) is 0. The Morgan fingerprint density at radius 1 is 1.53 bits per heavy atom. The number of hydrogen-bond acceptors (Lipinski definition) is 4. The Morgan fingerprint density at radius 2 is 2.20 bits per heavy atom. The second-order valence-corrected chi connectivity index (χ2v) is 7.42. The van der Waals surface area contributed by atoms with Crippen LogP contribution in [0, 0.1) is 0 Å². The van der Waals surface area contributed by atoms with Crippen LogP contribution in [0.3, 0.4) is 0 Å². The SMILES string of the molecule is CS(=O)c1nncn1CCSC(C)(C)C. The minimum Gasteiger partial charge on any atom is -0.306 e. The van der Waals surface area contributed by atoms with E-state index < -0.39 is 10.8 Å². The first-order valence-electron chi connectivity index (χ1n) is 4.75. The summed E-state index contributed by atoms with van der Waals surface area (Å²) >= 11 is 1.88. The van der Waals surface area contributed by atoms with Crippen molar-refractivity contribution in [3.05, 3.63) is 6.33 Å². The van der Waals surface area contributed by atoms with E-state index in [-0.39, 0.29) is 4.75 Å². The van der Waals surface area contributed by atoms with Crippen LogP contribution in [0.25, 0.3) is 0 Å². The topological polar surface area (TPSA) is 47.8 Å². The fraction of sp³-hybridized carbons (Fsp3) is 0.778. The standard InChI is InChI=1S/C9H17N3OS2/c1-9(2,3)14-6-5-12-7-10-11-8(12)15(4)13/h7H,5-6H2,1-4H3. The minimum absolute atomic E-state index is 0.263. The van der Waals surface area contributed by atoms with Gasteiger partial charge in [0.1, 0.15) is 6.33 Å². The first-order valence-corrected chi connectivity index (χ1v) is 7.30. The number of aryl methyl sites for hydroxylation is 1. The van der Waals surface area contributed by atoms with E-state index in [2.05, 4.69) is 31.0 Å². The summed E-state index contributed by atoms with van der Waals surface area (Å²) in [5, 5.41) is 8.16. The Balaban J connectivity index is 2.51. The summed E-state index contributed by atoms with van der Waals surface area (Å²) in [6, 6.07) is 0. The van der Waals surface area contributed by atoms with E-state index in [1.807, 2.05) is 16.3 Å². The molecule has 0 radical (unpaired) electrons. The third kappa shape index (κ3) is 4.34. The molecule has 1 rings (SSSR count). The molecule has 0 saturated carbocycles. The van der Waals surface area contributed by atoms with Gasteiger partial charge in [-0.2, -0.15) is 11.8 Å². The molecule has 15 heavy (non-hydrogen) atoms. The monoisotopic (exact) mass is 247 g/mol. The lowest BCUT2D eigenvalue weighted by Crippen LogP contribution is -2.12. The maximum atomic E-state index is 11.3. The van der Waals surface area contributed by atoms with Crippen molar-refractivity contribution >= 4 is 22.6 Å². The lowest BCUT2D eigenvalue weighted by atomic mass is 10.3. The van der Waals surface area contributed by atoms with Gasteiger partial charge >= 0.3 is 0 Å². The number of thioether (sulfide) groups is 1. The van der Waals surface area contributed by atoms with Crippen molar-refractivity contribution in [2.24, 2.45) is 0 Å². The normalized spacial score (nSPS) is 14.1. The van der Waals surface area contributed by atoms with Crippen molar-refractivity contribution in [1.82, 2.24) is 14.8 Å². The smallest absolute Gasteiger partial charge is 0.221 e. The second kappa shape index (κ2) is 5.12. The van der Waals surface area contributed by atoms with Crippen LogP contribution in [0.4, 0.5) is 0 Å². The second-order valence-electron chi connectivity index (χ2n) is 4.22. The minimum atomic E-state index is -1.05. The summed E-state index contributed by atoms with van der Waals surface area (Å²) in [6.07, 6.45) is 3.26. The Kier molecular flexibility index (Phi) is 4.33. The summed E-state index contributed by atoms with van der Waals surface area (Å²) in [6.45, 7) is 7.36. The molecule has 1 aromatic rings. The largest absolute Gasteiger partial charge is 0.306 e. The van der Waals surface area contributed by atoms with E-state index >= 15 is 0 Å². The number of aromatic nitrogens is 3. The predicted molar refractivity (Wildman–Crippen MR) is 64.6 cm³/mol. The van der Waals surface area contributed by atoms with Crippen LogP contribution in [0.1, 0.15) is 20.8 Å². The van der Waals surface area contributed by atoms with E-state index in [4.69, 9.17) is 0 Å². The van der Waals surface area contributed by atoms with Gasteiger partial charge in [0.2, 0.25) is 5.16 Å². The molecular weight excluding hydrogens is 230 g/mol. The zero-order valence-corrected chi connectivity index (χ0v) is 11.2. The van der Waals surface area contributed by atoms with Gasteiger partial charge in [0.25, 0.3) is 0 Å². The first kappa shape index (κ1) is 12.7. The van der Waals surface area contributed by atoms with Gasteiger partial charge < -0.3 is 4.57 Å². The number of hydrogen-bond donors (Lipinski definition) is 0. The molecule has 1 atom stereocenters. The van der Waals surface area contributed by atoms with Crippen molar-refractivity contribution in [2.45, 2.75) is 37.2 Å². The van der Waals surface area contributed by atoms with E-state index in [0.717, 1.165) is 12.3 Å². The van der Waals surface area contributed by atoms with Gasteiger partial charge in [0.15, 0.2) is 0 Å².